The third-order valence-electron chi connectivity index (χ3n) is 3.68. The Kier molecular flexibility index (Phi) is 4.51. The Balaban J connectivity index is 1.93. The van der Waals surface area contributed by atoms with Gasteiger partial charge in [-0.1, -0.05) is 6.07 Å². The van der Waals surface area contributed by atoms with E-state index in [0.717, 1.165) is 11.3 Å². The highest BCUT2D eigenvalue weighted by Gasteiger charge is 2.25. The minimum atomic E-state index is -1.17. The van der Waals surface area contributed by atoms with Gasteiger partial charge < -0.3 is 15.7 Å². The van der Waals surface area contributed by atoms with Crippen molar-refractivity contribution in [3.8, 4) is 0 Å². The van der Waals surface area contributed by atoms with Gasteiger partial charge >= 0.3 is 6.03 Å². The molecule has 6 nitrogen and oxygen atoms in total. The Morgan fingerprint density at radius 2 is 2.09 bits per heavy atom. The van der Waals surface area contributed by atoms with Crippen LogP contribution in [0.1, 0.15) is 23.6 Å². The first kappa shape index (κ1) is 16.0. The van der Waals surface area contributed by atoms with Gasteiger partial charge in [-0.15, -0.1) is 0 Å². The molecule has 1 atom stereocenters. The first-order valence-electron chi connectivity index (χ1n) is 7.11. The molecule has 22 heavy (non-hydrogen) atoms. The predicted octanol–water partition coefficient (Wildman–Crippen LogP) is 2.07. The molecule has 0 saturated carbocycles. The van der Waals surface area contributed by atoms with Gasteiger partial charge in [0, 0.05) is 24.5 Å². The summed E-state index contributed by atoms with van der Waals surface area (Å²) >= 11 is 0. The molecule has 2 aromatic rings. The molecule has 1 aromatic heterocycles. The van der Waals surface area contributed by atoms with Crippen molar-refractivity contribution in [3.05, 3.63) is 47.3 Å². The van der Waals surface area contributed by atoms with Crippen molar-refractivity contribution in [2.75, 3.05) is 11.9 Å². The van der Waals surface area contributed by atoms with E-state index in [2.05, 4.69) is 15.7 Å². The number of rotatable bonds is 4. The molecular formula is C16H22N4O2. The summed E-state index contributed by atoms with van der Waals surface area (Å²) in [6, 6.07) is 5.36. The summed E-state index contributed by atoms with van der Waals surface area (Å²) in [6.45, 7) is 5.74. The summed E-state index contributed by atoms with van der Waals surface area (Å²) in [5.41, 5.74) is 2.49. The van der Waals surface area contributed by atoms with Crippen LogP contribution in [0.25, 0.3) is 0 Å². The van der Waals surface area contributed by atoms with Crippen LogP contribution in [-0.4, -0.2) is 27.5 Å². The average Bonchev–Trinajstić information content (AvgIpc) is 2.88. The summed E-state index contributed by atoms with van der Waals surface area (Å²) in [7, 11) is 1.78. The SMILES string of the molecule is Cc1ccc(NC(=O)NCC(C)(O)c2cnn(C)c2)cc1C. The monoisotopic (exact) mass is 302 g/mol. The molecule has 1 aromatic carbocycles. The number of carbonyl (C=O) groups excluding carboxylic acids is 1. The van der Waals surface area contributed by atoms with E-state index in [0.29, 0.717) is 5.56 Å². The molecular weight excluding hydrogens is 280 g/mol. The maximum Gasteiger partial charge on any atom is 0.319 e. The first-order valence-corrected chi connectivity index (χ1v) is 7.11. The van der Waals surface area contributed by atoms with Crippen LogP contribution in [0.5, 0.6) is 0 Å². The Hall–Kier alpha value is -2.34. The van der Waals surface area contributed by atoms with Crippen LogP contribution < -0.4 is 10.6 Å². The number of carbonyl (C=O) groups is 1. The number of nitrogens with zero attached hydrogens (tertiary/aromatic N) is 2. The lowest BCUT2D eigenvalue weighted by Crippen LogP contribution is -2.40. The van der Waals surface area contributed by atoms with Gasteiger partial charge in [-0.25, -0.2) is 4.79 Å². The fourth-order valence-corrected chi connectivity index (χ4v) is 2.05. The Bertz CT molecular complexity index is 677. The van der Waals surface area contributed by atoms with Gasteiger partial charge in [-0.05, 0) is 44.0 Å². The van der Waals surface area contributed by atoms with Gasteiger partial charge in [0.15, 0.2) is 0 Å². The van der Waals surface area contributed by atoms with E-state index in [-0.39, 0.29) is 12.6 Å². The topological polar surface area (TPSA) is 79.2 Å². The number of hydrogen-bond donors (Lipinski definition) is 3. The normalized spacial score (nSPS) is 13.5. The molecule has 0 aliphatic rings. The Labute approximate surface area is 130 Å². The summed E-state index contributed by atoms with van der Waals surface area (Å²) < 4.78 is 1.61. The number of hydrogen-bond acceptors (Lipinski definition) is 3. The molecule has 0 fully saturated rings. The van der Waals surface area contributed by atoms with Gasteiger partial charge in [-0.2, -0.15) is 5.10 Å². The zero-order chi connectivity index (χ0) is 16.3. The van der Waals surface area contributed by atoms with E-state index >= 15 is 0 Å². The number of urea groups is 1. The second-order valence-corrected chi connectivity index (χ2v) is 5.78. The van der Waals surface area contributed by atoms with Crippen molar-refractivity contribution in [1.29, 1.82) is 0 Å². The maximum absolute atomic E-state index is 11.9. The summed E-state index contributed by atoms with van der Waals surface area (Å²) in [4.78, 5) is 11.9. The zero-order valence-corrected chi connectivity index (χ0v) is 13.3. The fourth-order valence-electron chi connectivity index (χ4n) is 2.05. The highest BCUT2D eigenvalue weighted by molar-refractivity contribution is 5.89. The first-order chi connectivity index (χ1) is 10.3. The van der Waals surface area contributed by atoms with Gasteiger partial charge in [0.05, 0.1) is 12.7 Å². The van der Waals surface area contributed by atoms with E-state index in [1.165, 1.54) is 5.56 Å². The molecule has 0 aliphatic heterocycles. The number of nitrogens with one attached hydrogen (secondary N) is 2. The molecule has 6 heteroatoms. The minimum absolute atomic E-state index is 0.0926. The number of anilines is 1. The predicted molar refractivity (Wildman–Crippen MR) is 85.7 cm³/mol. The molecule has 2 rings (SSSR count). The Morgan fingerprint density at radius 3 is 2.68 bits per heavy atom. The van der Waals surface area contributed by atoms with Crippen LogP contribution >= 0.6 is 0 Å². The van der Waals surface area contributed by atoms with Crippen LogP contribution in [0.3, 0.4) is 0 Å². The summed E-state index contributed by atoms with van der Waals surface area (Å²) in [6.07, 6.45) is 3.31. The largest absolute Gasteiger partial charge is 0.383 e. The van der Waals surface area contributed by atoms with E-state index < -0.39 is 5.60 Å². The molecule has 0 saturated heterocycles. The minimum Gasteiger partial charge on any atom is -0.383 e. The lowest BCUT2D eigenvalue weighted by atomic mass is 10.00. The van der Waals surface area contributed by atoms with Crippen LogP contribution in [0.4, 0.5) is 10.5 Å². The molecule has 0 radical (unpaired) electrons. The van der Waals surface area contributed by atoms with Crippen molar-refractivity contribution in [1.82, 2.24) is 15.1 Å². The average molecular weight is 302 g/mol. The molecule has 3 N–H and O–H groups in total. The highest BCUT2D eigenvalue weighted by Crippen LogP contribution is 2.18. The smallest absolute Gasteiger partial charge is 0.319 e. The van der Waals surface area contributed by atoms with Crippen molar-refractivity contribution in [2.45, 2.75) is 26.4 Å². The van der Waals surface area contributed by atoms with E-state index in [9.17, 15) is 9.90 Å². The maximum atomic E-state index is 11.9. The molecule has 0 spiro atoms. The summed E-state index contributed by atoms with van der Waals surface area (Å²) in [5, 5.41) is 19.9. The summed E-state index contributed by atoms with van der Waals surface area (Å²) in [5.74, 6) is 0. The van der Waals surface area contributed by atoms with E-state index in [1.807, 2.05) is 32.0 Å². The van der Waals surface area contributed by atoms with E-state index in [1.54, 1.807) is 31.0 Å². The molecule has 2 amide bonds. The number of benzene rings is 1. The quantitative estimate of drug-likeness (QED) is 0.809. The van der Waals surface area contributed by atoms with Crippen LogP contribution in [0, 0.1) is 13.8 Å². The molecule has 0 aliphatic carbocycles. The molecule has 0 bridgehead atoms. The van der Waals surface area contributed by atoms with E-state index in [4.69, 9.17) is 0 Å². The third kappa shape index (κ3) is 3.85. The highest BCUT2D eigenvalue weighted by atomic mass is 16.3. The van der Waals surface area contributed by atoms with Crippen molar-refractivity contribution < 1.29 is 9.90 Å². The lowest BCUT2D eigenvalue weighted by Gasteiger charge is -2.22. The zero-order valence-electron chi connectivity index (χ0n) is 13.3. The second kappa shape index (κ2) is 6.19. The van der Waals surface area contributed by atoms with Gasteiger partial charge in [0.1, 0.15) is 5.60 Å². The molecule has 1 heterocycles. The molecule has 118 valence electrons. The lowest BCUT2D eigenvalue weighted by molar-refractivity contribution is 0.0599. The third-order valence-corrected chi connectivity index (χ3v) is 3.68. The number of aryl methyl sites for hydroxylation is 3. The fraction of sp³-hybridized carbons (Fsp3) is 0.375. The van der Waals surface area contributed by atoms with Crippen LogP contribution in [0.15, 0.2) is 30.6 Å². The second-order valence-electron chi connectivity index (χ2n) is 5.78. The van der Waals surface area contributed by atoms with Gasteiger partial charge in [-0.3, -0.25) is 4.68 Å². The number of amides is 2. The van der Waals surface area contributed by atoms with Gasteiger partial charge in [0.2, 0.25) is 0 Å². The molecule has 1 unspecified atom stereocenters. The number of aliphatic hydroxyl groups is 1. The van der Waals surface area contributed by atoms with Crippen molar-refractivity contribution in [2.24, 2.45) is 7.05 Å². The van der Waals surface area contributed by atoms with Crippen molar-refractivity contribution >= 4 is 11.7 Å². The Morgan fingerprint density at radius 1 is 1.36 bits per heavy atom. The van der Waals surface area contributed by atoms with Gasteiger partial charge in [0.25, 0.3) is 0 Å². The van der Waals surface area contributed by atoms with Crippen LogP contribution in [-0.2, 0) is 12.6 Å². The standard InChI is InChI=1S/C16H22N4O2/c1-11-5-6-14(7-12(11)2)19-15(21)17-10-16(3,22)13-8-18-20(4)9-13/h5-9,22H,10H2,1-4H3,(H2,17,19,21). The number of aromatic nitrogens is 2. The van der Waals surface area contributed by atoms with Crippen molar-refractivity contribution in [3.63, 3.8) is 0 Å². The van der Waals surface area contributed by atoms with Crippen LogP contribution in [0.2, 0.25) is 0 Å².